The Morgan fingerprint density at radius 2 is 1.71 bits per heavy atom. The average Bonchev–Trinajstić information content (AvgIpc) is 3.59. The smallest absolute Gasteiger partial charge is 0.411 e. The van der Waals surface area contributed by atoms with Gasteiger partial charge in [-0.2, -0.15) is 0 Å². The molecule has 3 aliphatic heterocycles. The Labute approximate surface area is 186 Å². The number of carbonyl (C=O) groups excluding carboxylic acids is 2. The molecule has 0 spiro atoms. The third-order valence-corrected chi connectivity index (χ3v) is 7.68. The Bertz CT molecular complexity index is 613. The van der Waals surface area contributed by atoms with Crippen molar-refractivity contribution in [1.82, 2.24) is 19.6 Å². The first kappa shape index (κ1) is 22.8. The zero-order valence-electron chi connectivity index (χ0n) is 19.3. The molecule has 2 unspecified atom stereocenters. The predicted molar refractivity (Wildman–Crippen MR) is 118 cm³/mol. The summed E-state index contributed by atoms with van der Waals surface area (Å²) in [7, 11) is 1.42. The van der Waals surface area contributed by atoms with Crippen molar-refractivity contribution < 1.29 is 19.1 Å². The topological polar surface area (TPSA) is 65.6 Å². The van der Waals surface area contributed by atoms with Crippen LogP contribution in [-0.2, 0) is 14.3 Å². The predicted octanol–water partition coefficient (Wildman–Crippen LogP) is 1.99. The van der Waals surface area contributed by atoms with Gasteiger partial charge in [-0.1, -0.05) is 12.8 Å². The maximum atomic E-state index is 12.5. The van der Waals surface area contributed by atoms with Gasteiger partial charge in [0.2, 0.25) is 0 Å². The Morgan fingerprint density at radius 3 is 2.35 bits per heavy atom. The minimum Gasteiger partial charge on any atom is -0.468 e. The molecule has 4 aliphatic rings. The number of amides is 1. The van der Waals surface area contributed by atoms with Crippen molar-refractivity contribution in [2.75, 3.05) is 59.5 Å². The number of rotatable bonds is 9. The van der Waals surface area contributed by atoms with Crippen LogP contribution in [0.25, 0.3) is 0 Å². The van der Waals surface area contributed by atoms with Crippen LogP contribution in [0.1, 0.15) is 51.9 Å². The minimum atomic E-state index is -0.200. The van der Waals surface area contributed by atoms with Crippen LogP contribution < -0.4 is 0 Å². The van der Waals surface area contributed by atoms with Crippen molar-refractivity contribution in [3.63, 3.8) is 0 Å². The van der Waals surface area contributed by atoms with E-state index < -0.39 is 0 Å². The van der Waals surface area contributed by atoms with E-state index in [1.165, 1.54) is 58.7 Å². The van der Waals surface area contributed by atoms with E-state index in [9.17, 15) is 9.59 Å². The molecule has 0 bridgehead atoms. The monoisotopic (exact) mass is 436 g/mol. The molecule has 31 heavy (non-hydrogen) atoms. The van der Waals surface area contributed by atoms with Crippen molar-refractivity contribution in [1.29, 1.82) is 0 Å². The van der Waals surface area contributed by atoms with Crippen LogP contribution in [-0.4, -0.2) is 109 Å². The molecule has 8 nitrogen and oxygen atoms in total. The van der Waals surface area contributed by atoms with Crippen molar-refractivity contribution in [2.45, 2.75) is 70.2 Å². The number of ether oxygens (including phenoxy) is 2. The highest BCUT2D eigenvalue weighted by atomic mass is 16.6. The van der Waals surface area contributed by atoms with E-state index in [1.54, 1.807) is 0 Å². The molecule has 176 valence electrons. The number of methoxy groups -OCH3 is 1. The lowest BCUT2D eigenvalue weighted by Gasteiger charge is -2.37. The number of carbonyl (C=O) groups is 2. The van der Waals surface area contributed by atoms with Crippen molar-refractivity contribution >= 4 is 12.1 Å². The molecule has 0 aromatic rings. The summed E-state index contributed by atoms with van der Waals surface area (Å²) in [4.78, 5) is 32.9. The number of nitrogens with zero attached hydrogens (tertiary/aromatic N) is 4. The number of hydrogen-bond donors (Lipinski definition) is 0. The fourth-order valence-corrected chi connectivity index (χ4v) is 5.45. The maximum Gasteiger partial charge on any atom is 0.411 e. The van der Waals surface area contributed by atoms with Crippen LogP contribution in [0, 0.1) is 5.92 Å². The van der Waals surface area contributed by atoms with E-state index in [4.69, 9.17) is 9.47 Å². The van der Waals surface area contributed by atoms with Crippen LogP contribution >= 0.6 is 0 Å². The molecule has 1 saturated carbocycles. The molecule has 0 radical (unpaired) electrons. The van der Waals surface area contributed by atoms with E-state index >= 15 is 0 Å². The molecule has 4 rings (SSSR count). The van der Waals surface area contributed by atoms with Crippen LogP contribution in [0.2, 0.25) is 0 Å². The summed E-state index contributed by atoms with van der Waals surface area (Å²) in [6.45, 7) is 8.97. The molecular formula is C23H40N4O4. The number of hydrogen-bond acceptors (Lipinski definition) is 7. The summed E-state index contributed by atoms with van der Waals surface area (Å²) >= 11 is 0. The summed E-state index contributed by atoms with van der Waals surface area (Å²) in [5.74, 6) is 0.667. The average molecular weight is 437 g/mol. The molecule has 0 aromatic carbocycles. The van der Waals surface area contributed by atoms with Gasteiger partial charge < -0.3 is 19.3 Å². The first-order valence-electron chi connectivity index (χ1n) is 12.3. The van der Waals surface area contributed by atoms with Gasteiger partial charge in [0, 0.05) is 38.8 Å². The molecule has 1 amide bonds. The highest BCUT2D eigenvalue weighted by Gasteiger charge is 2.42. The Morgan fingerprint density at radius 1 is 1.00 bits per heavy atom. The van der Waals surface area contributed by atoms with E-state index in [-0.39, 0.29) is 24.3 Å². The van der Waals surface area contributed by atoms with Crippen LogP contribution in [0.5, 0.6) is 0 Å². The summed E-state index contributed by atoms with van der Waals surface area (Å²) in [6, 6.07) is 0.980. The quantitative estimate of drug-likeness (QED) is 0.404. The lowest BCUT2D eigenvalue weighted by atomic mass is 9.91. The SMILES string of the molecule is COC(=O)CN1CCN(C2OC(=O)N(CCCCC3CCN(C4CC4)CC3)C2C)CC1. The number of esters is 1. The fraction of sp³-hybridized carbons (Fsp3) is 0.913. The fourth-order valence-electron chi connectivity index (χ4n) is 5.45. The Balaban J connectivity index is 1.13. The number of cyclic esters (lactones) is 1. The zero-order valence-corrected chi connectivity index (χ0v) is 19.3. The second-order valence-corrected chi connectivity index (χ2v) is 9.80. The first-order chi connectivity index (χ1) is 15.0. The number of piperidine rings is 1. The summed E-state index contributed by atoms with van der Waals surface area (Å²) < 4.78 is 10.5. The minimum absolute atomic E-state index is 0.0708. The van der Waals surface area contributed by atoms with Gasteiger partial charge >= 0.3 is 12.1 Å². The highest BCUT2D eigenvalue weighted by Crippen LogP contribution is 2.32. The summed E-state index contributed by atoms with van der Waals surface area (Å²) in [5.41, 5.74) is 0. The standard InChI is InChI=1S/C23H40N4O4/c1-18-22(26-15-13-24(14-16-26)17-21(28)30-2)31-23(29)27(18)10-4-3-5-19-8-11-25(12-9-19)20-6-7-20/h18-20,22H,3-17H2,1-2H3. The molecule has 0 N–H and O–H groups in total. The zero-order chi connectivity index (χ0) is 21.8. The molecule has 3 saturated heterocycles. The second kappa shape index (κ2) is 10.5. The lowest BCUT2D eigenvalue weighted by molar-refractivity contribution is -0.142. The van der Waals surface area contributed by atoms with Gasteiger partial charge in [0.25, 0.3) is 0 Å². The molecule has 8 heteroatoms. The van der Waals surface area contributed by atoms with E-state index in [0.29, 0.717) is 6.54 Å². The van der Waals surface area contributed by atoms with Gasteiger partial charge in [0.05, 0.1) is 19.7 Å². The van der Waals surface area contributed by atoms with Gasteiger partial charge in [-0.25, -0.2) is 4.79 Å². The third kappa shape index (κ3) is 5.90. The molecular weight excluding hydrogens is 396 g/mol. The second-order valence-electron chi connectivity index (χ2n) is 9.80. The van der Waals surface area contributed by atoms with Gasteiger partial charge in [-0.05, 0) is 58.0 Å². The number of unbranched alkanes of at least 4 members (excludes halogenated alkanes) is 1. The molecule has 1 aliphatic carbocycles. The molecule has 2 atom stereocenters. The Hall–Kier alpha value is -1.38. The van der Waals surface area contributed by atoms with E-state index in [2.05, 4.69) is 21.6 Å². The van der Waals surface area contributed by atoms with Gasteiger partial charge in [0.15, 0.2) is 6.23 Å². The third-order valence-electron chi connectivity index (χ3n) is 7.68. The van der Waals surface area contributed by atoms with Crippen LogP contribution in [0.4, 0.5) is 4.79 Å². The summed E-state index contributed by atoms with van der Waals surface area (Å²) in [6.07, 6.45) is 8.72. The number of piperazine rings is 1. The van der Waals surface area contributed by atoms with Crippen molar-refractivity contribution in [2.24, 2.45) is 5.92 Å². The molecule has 4 fully saturated rings. The molecule has 0 aromatic heterocycles. The van der Waals surface area contributed by atoms with E-state index in [1.807, 2.05) is 4.90 Å². The van der Waals surface area contributed by atoms with Gasteiger partial charge in [0.1, 0.15) is 0 Å². The molecule has 3 heterocycles. The Kier molecular flexibility index (Phi) is 7.72. The van der Waals surface area contributed by atoms with Gasteiger partial charge in [-0.3, -0.25) is 14.6 Å². The highest BCUT2D eigenvalue weighted by molar-refractivity contribution is 5.71. The maximum absolute atomic E-state index is 12.5. The van der Waals surface area contributed by atoms with E-state index in [0.717, 1.165) is 51.1 Å². The summed E-state index contributed by atoms with van der Waals surface area (Å²) in [5, 5.41) is 0. The largest absolute Gasteiger partial charge is 0.468 e. The normalized spacial score (nSPS) is 29.4. The number of likely N-dealkylation sites (tertiary alicyclic amines) is 1. The van der Waals surface area contributed by atoms with Gasteiger partial charge in [-0.15, -0.1) is 0 Å². The van der Waals surface area contributed by atoms with Crippen molar-refractivity contribution in [3.05, 3.63) is 0 Å². The van der Waals surface area contributed by atoms with Crippen LogP contribution in [0.15, 0.2) is 0 Å². The lowest BCUT2D eigenvalue weighted by Crippen LogP contribution is -2.54. The van der Waals surface area contributed by atoms with Crippen molar-refractivity contribution in [3.8, 4) is 0 Å². The van der Waals surface area contributed by atoms with Crippen LogP contribution in [0.3, 0.4) is 0 Å². The first-order valence-corrected chi connectivity index (χ1v) is 12.3.